The number of rotatable bonds is 5. The number of likely N-dealkylation sites (N-methyl/N-ethyl adjacent to an activating group) is 1. The molecule has 1 amide bonds. The monoisotopic (exact) mass is 329 g/mol. The van der Waals surface area contributed by atoms with Gasteiger partial charge in [-0.25, -0.2) is 0 Å². The number of piperazine rings is 1. The minimum atomic E-state index is 0.186. The number of hydrogen-bond donors (Lipinski definition) is 1. The van der Waals surface area contributed by atoms with E-state index in [4.69, 9.17) is 0 Å². The first-order valence-electron chi connectivity index (χ1n) is 9.46. The van der Waals surface area contributed by atoms with E-state index in [-0.39, 0.29) is 5.91 Å². The smallest absolute Gasteiger partial charge is 0.234 e. The fourth-order valence-electron chi connectivity index (χ4n) is 4.03. The number of amides is 1. The van der Waals surface area contributed by atoms with Crippen molar-refractivity contribution in [1.82, 2.24) is 15.1 Å². The van der Waals surface area contributed by atoms with E-state index in [1.165, 1.54) is 37.7 Å². The highest BCUT2D eigenvalue weighted by Crippen LogP contribution is 2.25. The molecule has 1 aromatic rings. The van der Waals surface area contributed by atoms with Crippen LogP contribution in [0, 0.1) is 5.92 Å². The Balaban J connectivity index is 1.54. The lowest BCUT2D eigenvalue weighted by Gasteiger charge is -2.40. The van der Waals surface area contributed by atoms with Gasteiger partial charge in [0.15, 0.2) is 0 Å². The Morgan fingerprint density at radius 1 is 1.12 bits per heavy atom. The molecule has 0 radical (unpaired) electrons. The second-order valence-corrected chi connectivity index (χ2v) is 7.47. The largest absolute Gasteiger partial charge is 0.355 e. The highest BCUT2D eigenvalue weighted by Gasteiger charge is 2.28. The van der Waals surface area contributed by atoms with Crippen LogP contribution in [0.25, 0.3) is 0 Å². The number of nitrogens with zero attached hydrogens (tertiary/aromatic N) is 2. The Kier molecular flexibility index (Phi) is 6.27. The molecule has 0 aromatic heterocycles. The van der Waals surface area contributed by atoms with E-state index in [1.807, 2.05) is 0 Å². The molecule has 1 aliphatic heterocycles. The molecule has 24 heavy (non-hydrogen) atoms. The first kappa shape index (κ1) is 17.4. The quantitative estimate of drug-likeness (QED) is 0.902. The molecule has 1 saturated heterocycles. The first-order valence-corrected chi connectivity index (χ1v) is 9.46. The standard InChI is InChI=1S/C20H31N3O/c1-22-12-13-23(19(15-22)18-10-6-3-7-11-18)16-20(24)21-14-17-8-4-2-5-9-17/h3,6-7,10-11,17,19H,2,4-5,8-9,12-16H2,1H3,(H,21,24). The molecule has 132 valence electrons. The van der Waals surface area contributed by atoms with Crippen molar-refractivity contribution in [3.05, 3.63) is 35.9 Å². The molecule has 0 spiro atoms. The molecule has 1 heterocycles. The van der Waals surface area contributed by atoms with E-state index >= 15 is 0 Å². The van der Waals surface area contributed by atoms with Gasteiger partial charge in [-0.2, -0.15) is 0 Å². The molecule has 2 aliphatic rings. The summed E-state index contributed by atoms with van der Waals surface area (Å²) in [6, 6.07) is 10.9. The van der Waals surface area contributed by atoms with E-state index in [0.717, 1.165) is 26.2 Å². The maximum Gasteiger partial charge on any atom is 0.234 e. The Morgan fingerprint density at radius 2 is 1.88 bits per heavy atom. The normalized spacial score (nSPS) is 24.0. The van der Waals surface area contributed by atoms with Crippen LogP contribution in [-0.4, -0.2) is 55.5 Å². The Labute approximate surface area is 146 Å². The predicted octanol–water partition coefficient (Wildman–Crippen LogP) is 2.67. The van der Waals surface area contributed by atoms with Crippen LogP contribution in [0.15, 0.2) is 30.3 Å². The number of benzene rings is 1. The lowest BCUT2D eigenvalue weighted by Crippen LogP contribution is -2.50. The molecule has 0 bridgehead atoms. The van der Waals surface area contributed by atoms with Crippen LogP contribution in [0.2, 0.25) is 0 Å². The Morgan fingerprint density at radius 3 is 2.62 bits per heavy atom. The highest BCUT2D eigenvalue weighted by molar-refractivity contribution is 5.78. The van der Waals surface area contributed by atoms with E-state index < -0.39 is 0 Å². The molecule has 3 rings (SSSR count). The van der Waals surface area contributed by atoms with Crippen LogP contribution in [0.5, 0.6) is 0 Å². The molecule has 2 fully saturated rings. The third kappa shape index (κ3) is 4.81. The summed E-state index contributed by atoms with van der Waals surface area (Å²) in [4.78, 5) is 17.1. The predicted molar refractivity (Wildman–Crippen MR) is 97.8 cm³/mol. The van der Waals surface area contributed by atoms with Gasteiger partial charge < -0.3 is 10.2 Å². The summed E-state index contributed by atoms with van der Waals surface area (Å²) in [5, 5.41) is 3.19. The maximum atomic E-state index is 12.4. The lowest BCUT2D eigenvalue weighted by molar-refractivity contribution is -0.123. The van der Waals surface area contributed by atoms with Crippen LogP contribution >= 0.6 is 0 Å². The summed E-state index contributed by atoms with van der Waals surface area (Å²) in [5.41, 5.74) is 1.31. The van der Waals surface area contributed by atoms with Gasteiger partial charge in [-0.05, 0) is 31.4 Å². The van der Waals surface area contributed by atoms with Crippen molar-refractivity contribution in [3.63, 3.8) is 0 Å². The average molecular weight is 329 g/mol. The zero-order chi connectivity index (χ0) is 16.8. The van der Waals surface area contributed by atoms with E-state index in [0.29, 0.717) is 18.5 Å². The van der Waals surface area contributed by atoms with E-state index in [2.05, 4.69) is 52.5 Å². The van der Waals surface area contributed by atoms with Crippen molar-refractivity contribution in [2.24, 2.45) is 5.92 Å². The zero-order valence-corrected chi connectivity index (χ0v) is 14.9. The van der Waals surface area contributed by atoms with Gasteiger partial charge in [-0.3, -0.25) is 9.69 Å². The molecule has 1 N–H and O–H groups in total. The molecule has 1 aliphatic carbocycles. The number of nitrogens with one attached hydrogen (secondary N) is 1. The molecular weight excluding hydrogens is 298 g/mol. The van der Waals surface area contributed by atoms with Crippen LogP contribution in [-0.2, 0) is 4.79 Å². The summed E-state index contributed by atoms with van der Waals surface area (Å²) < 4.78 is 0. The molecule has 4 heteroatoms. The lowest BCUT2D eigenvalue weighted by atomic mass is 9.89. The maximum absolute atomic E-state index is 12.4. The minimum absolute atomic E-state index is 0.186. The van der Waals surface area contributed by atoms with Gasteiger partial charge in [0.2, 0.25) is 5.91 Å². The van der Waals surface area contributed by atoms with Gasteiger partial charge in [0, 0.05) is 32.2 Å². The fourth-order valence-corrected chi connectivity index (χ4v) is 4.03. The summed E-state index contributed by atoms with van der Waals surface area (Å²) in [7, 11) is 2.16. The molecular formula is C20H31N3O. The topological polar surface area (TPSA) is 35.6 Å². The first-order chi connectivity index (χ1) is 11.7. The van der Waals surface area contributed by atoms with E-state index in [9.17, 15) is 4.79 Å². The highest BCUT2D eigenvalue weighted by atomic mass is 16.2. The average Bonchev–Trinajstić information content (AvgIpc) is 2.63. The van der Waals surface area contributed by atoms with Crippen molar-refractivity contribution in [2.75, 3.05) is 39.8 Å². The molecule has 1 aromatic carbocycles. The van der Waals surface area contributed by atoms with Crippen LogP contribution < -0.4 is 5.32 Å². The van der Waals surface area contributed by atoms with E-state index in [1.54, 1.807) is 0 Å². The van der Waals surface area contributed by atoms with Crippen LogP contribution in [0.3, 0.4) is 0 Å². The third-order valence-corrected chi connectivity index (χ3v) is 5.54. The third-order valence-electron chi connectivity index (χ3n) is 5.54. The number of carbonyl (C=O) groups is 1. The summed E-state index contributed by atoms with van der Waals surface area (Å²) in [6.07, 6.45) is 6.58. The summed E-state index contributed by atoms with van der Waals surface area (Å²) in [5.74, 6) is 0.881. The Bertz CT molecular complexity index is 513. The van der Waals surface area contributed by atoms with Crippen LogP contribution in [0.4, 0.5) is 0 Å². The van der Waals surface area contributed by atoms with Crippen molar-refractivity contribution in [3.8, 4) is 0 Å². The second kappa shape index (κ2) is 8.63. The van der Waals surface area contributed by atoms with Crippen molar-refractivity contribution >= 4 is 5.91 Å². The Hall–Kier alpha value is -1.39. The van der Waals surface area contributed by atoms with Gasteiger partial charge in [-0.1, -0.05) is 49.6 Å². The fraction of sp³-hybridized carbons (Fsp3) is 0.650. The van der Waals surface area contributed by atoms with Gasteiger partial charge in [0.05, 0.1) is 6.54 Å². The van der Waals surface area contributed by atoms with Crippen LogP contribution in [0.1, 0.15) is 43.7 Å². The summed E-state index contributed by atoms with van der Waals surface area (Å²) >= 11 is 0. The number of hydrogen-bond acceptors (Lipinski definition) is 3. The molecule has 1 saturated carbocycles. The zero-order valence-electron chi connectivity index (χ0n) is 14.9. The molecule has 1 unspecified atom stereocenters. The van der Waals surface area contributed by atoms with Gasteiger partial charge in [0.25, 0.3) is 0 Å². The minimum Gasteiger partial charge on any atom is -0.355 e. The molecule has 4 nitrogen and oxygen atoms in total. The number of carbonyl (C=O) groups excluding carboxylic acids is 1. The van der Waals surface area contributed by atoms with Gasteiger partial charge in [0.1, 0.15) is 0 Å². The summed E-state index contributed by atoms with van der Waals surface area (Å²) in [6.45, 7) is 4.34. The van der Waals surface area contributed by atoms with Crippen molar-refractivity contribution < 1.29 is 4.79 Å². The van der Waals surface area contributed by atoms with Gasteiger partial charge in [-0.15, -0.1) is 0 Å². The SMILES string of the molecule is CN1CCN(CC(=O)NCC2CCCCC2)C(c2ccccc2)C1. The van der Waals surface area contributed by atoms with Crippen molar-refractivity contribution in [1.29, 1.82) is 0 Å². The van der Waals surface area contributed by atoms with Gasteiger partial charge >= 0.3 is 0 Å². The second-order valence-electron chi connectivity index (χ2n) is 7.47. The van der Waals surface area contributed by atoms with Crippen molar-refractivity contribution in [2.45, 2.75) is 38.1 Å². The molecule has 1 atom stereocenters.